The zero-order valence-electron chi connectivity index (χ0n) is 4.33. The molecule has 2 atom stereocenters. The van der Waals surface area contributed by atoms with Crippen molar-refractivity contribution in [3.63, 3.8) is 0 Å². The van der Waals surface area contributed by atoms with Crippen molar-refractivity contribution in [1.29, 1.82) is 0 Å². The van der Waals surface area contributed by atoms with E-state index < -0.39 is 11.4 Å². The molecular weight excluding hydrogens is 148 g/mol. The summed E-state index contributed by atoms with van der Waals surface area (Å²) in [6.45, 7) is 0.438. The molecule has 0 aromatic rings. The maximum absolute atomic E-state index is 10.3. The van der Waals surface area contributed by atoms with E-state index in [1.807, 2.05) is 6.26 Å². The van der Waals surface area contributed by atoms with Crippen molar-refractivity contribution >= 4 is 23.1 Å². The first kappa shape index (κ1) is 6.54. The summed E-state index contributed by atoms with van der Waals surface area (Å²) in [5.41, 5.74) is -0.0316. The molecule has 1 aliphatic heterocycles. The summed E-state index contributed by atoms with van der Waals surface area (Å²) in [5.74, 6) is 0. The van der Waals surface area contributed by atoms with Crippen LogP contribution < -0.4 is 0 Å². The Hall–Kier alpha value is 0.420. The predicted octanol–water partition coefficient (Wildman–Crippen LogP) is 0.301. The van der Waals surface area contributed by atoms with Crippen LogP contribution in [0.4, 0.5) is 0 Å². The van der Waals surface area contributed by atoms with E-state index in [0.717, 1.165) is 0 Å². The molecular formula is C3H6O3S2. The molecule has 8 heavy (non-hydrogen) atoms. The van der Waals surface area contributed by atoms with Gasteiger partial charge in [-0.2, -0.15) is 4.21 Å². The second kappa shape index (κ2) is 2.82. The molecule has 1 heterocycles. The van der Waals surface area contributed by atoms with Crippen LogP contribution >= 0.6 is 11.8 Å². The van der Waals surface area contributed by atoms with Crippen molar-refractivity contribution in [2.45, 2.75) is 5.44 Å². The number of thioether (sulfide) groups is 1. The molecule has 48 valence electrons. The van der Waals surface area contributed by atoms with Crippen LogP contribution in [0.2, 0.25) is 0 Å². The largest absolute Gasteiger partial charge is 0.305 e. The predicted molar refractivity (Wildman–Crippen MR) is 32.5 cm³/mol. The lowest BCUT2D eigenvalue weighted by atomic mass is 10.8. The SMILES string of the molecule is CSC1COS(=O)O1. The quantitative estimate of drug-likeness (QED) is 0.544. The minimum absolute atomic E-state index is 0.0316. The van der Waals surface area contributed by atoms with Crippen LogP contribution in [-0.2, 0) is 19.7 Å². The van der Waals surface area contributed by atoms with E-state index in [2.05, 4.69) is 4.18 Å². The van der Waals surface area contributed by atoms with Crippen LogP contribution in [0.15, 0.2) is 0 Å². The summed E-state index contributed by atoms with van der Waals surface area (Å²) in [4.78, 5) is 0. The van der Waals surface area contributed by atoms with Gasteiger partial charge in [0.2, 0.25) is 0 Å². The Labute approximate surface area is 54.6 Å². The second-order valence-corrected chi connectivity index (χ2v) is 3.08. The van der Waals surface area contributed by atoms with Crippen molar-refractivity contribution < 1.29 is 12.6 Å². The molecule has 5 heteroatoms. The molecule has 0 aliphatic carbocycles. The first-order valence-corrected chi connectivity index (χ1v) is 4.36. The van der Waals surface area contributed by atoms with E-state index in [0.29, 0.717) is 6.61 Å². The number of hydrogen-bond acceptors (Lipinski definition) is 4. The van der Waals surface area contributed by atoms with E-state index in [-0.39, 0.29) is 5.44 Å². The van der Waals surface area contributed by atoms with Crippen molar-refractivity contribution in [1.82, 2.24) is 0 Å². The van der Waals surface area contributed by atoms with Gasteiger partial charge in [0.1, 0.15) is 12.0 Å². The topological polar surface area (TPSA) is 35.5 Å². The van der Waals surface area contributed by atoms with Gasteiger partial charge >= 0.3 is 11.4 Å². The minimum Gasteiger partial charge on any atom is -0.265 e. The summed E-state index contributed by atoms with van der Waals surface area (Å²) in [5, 5.41) is 0. The van der Waals surface area contributed by atoms with Crippen molar-refractivity contribution in [2.75, 3.05) is 12.9 Å². The molecule has 0 spiro atoms. The lowest BCUT2D eigenvalue weighted by Crippen LogP contribution is -2.00. The summed E-state index contributed by atoms with van der Waals surface area (Å²) in [6, 6.07) is 0. The van der Waals surface area contributed by atoms with Crippen LogP contribution in [0.5, 0.6) is 0 Å². The molecule has 0 aromatic carbocycles. The molecule has 1 fully saturated rings. The van der Waals surface area contributed by atoms with Crippen LogP contribution in [0.25, 0.3) is 0 Å². The Kier molecular flexibility index (Phi) is 2.30. The highest BCUT2D eigenvalue weighted by Crippen LogP contribution is 2.17. The van der Waals surface area contributed by atoms with Gasteiger partial charge in [-0.05, 0) is 6.26 Å². The molecule has 0 radical (unpaired) electrons. The van der Waals surface area contributed by atoms with Gasteiger partial charge in [0.25, 0.3) is 0 Å². The molecule has 3 nitrogen and oxygen atoms in total. The van der Waals surface area contributed by atoms with Crippen LogP contribution in [0.1, 0.15) is 0 Å². The van der Waals surface area contributed by atoms with Gasteiger partial charge in [-0.25, -0.2) is 0 Å². The van der Waals surface area contributed by atoms with E-state index >= 15 is 0 Å². The summed E-state index contributed by atoms with van der Waals surface area (Å²) < 4.78 is 19.6. The van der Waals surface area contributed by atoms with Crippen LogP contribution in [0.3, 0.4) is 0 Å². The van der Waals surface area contributed by atoms with Gasteiger partial charge in [-0.1, -0.05) is 0 Å². The number of rotatable bonds is 1. The molecule has 1 saturated heterocycles. The smallest absolute Gasteiger partial charge is 0.265 e. The third-order valence-corrected chi connectivity index (χ3v) is 2.35. The van der Waals surface area contributed by atoms with Crippen LogP contribution in [0, 0.1) is 0 Å². The van der Waals surface area contributed by atoms with Gasteiger partial charge in [-0.3, -0.25) is 8.37 Å². The van der Waals surface area contributed by atoms with E-state index in [4.69, 9.17) is 4.18 Å². The maximum Gasteiger partial charge on any atom is 0.305 e. The highest BCUT2D eigenvalue weighted by atomic mass is 32.2. The van der Waals surface area contributed by atoms with Gasteiger partial charge in [0.05, 0.1) is 0 Å². The standard InChI is InChI=1S/C3H6O3S2/c1-7-3-2-5-8(4)6-3/h3H,2H2,1H3. The third-order valence-electron chi connectivity index (χ3n) is 0.749. The normalized spacial score (nSPS) is 38.1. The van der Waals surface area contributed by atoms with Crippen LogP contribution in [-0.4, -0.2) is 22.5 Å². The van der Waals surface area contributed by atoms with Gasteiger partial charge < -0.3 is 0 Å². The molecule has 0 bridgehead atoms. The van der Waals surface area contributed by atoms with E-state index in [9.17, 15) is 4.21 Å². The average molecular weight is 154 g/mol. The molecule has 0 N–H and O–H groups in total. The highest BCUT2D eigenvalue weighted by molar-refractivity contribution is 7.99. The lowest BCUT2D eigenvalue weighted by molar-refractivity contribution is 0.333. The third kappa shape index (κ3) is 1.45. The second-order valence-electron chi connectivity index (χ2n) is 1.25. The first-order chi connectivity index (χ1) is 3.83. The van der Waals surface area contributed by atoms with Crippen molar-refractivity contribution in [3.8, 4) is 0 Å². The zero-order chi connectivity index (χ0) is 5.98. The lowest BCUT2D eigenvalue weighted by Gasteiger charge is -1.95. The number of hydrogen-bond donors (Lipinski definition) is 0. The van der Waals surface area contributed by atoms with Crippen molar-refractivity contribution in [3.05, 3.63) is 0 Å². The Morgan fingerprint density at radius 3 is 2.88 bits per heavy atom. The molecule has 2 unspecified atom stereocenters. The van der Waals surface area contributed by atoms with Gasteiger partial charge in [0, 0.05) is 0 Å². The minimum atomic E-state index is -1.47. The fourth-order valence-electron chi connectivity index (χ4n) is 0.362. The monoisotopic (exact) mass is 154 g/mol. The van der Waals surface area contributed by atoms with Gasteiger partial charge in [0.15, 0.2) is 0 Å². The summed E-state index contributed by atoms with van der Waals surface area (Å²) in [7, 11) is 0. The maximum atomic E-state index is 10.3. The van der Waals surface area contributed by atoms with E-state index in [1.54, 1.807) is 0 Å². The summed E-state index contributed by atoms with van der Waals surface area (Å²) >= 11 is 0.0223. The molecule has 0 saturated carbocycles. The Morgan fingerprint density at radius 1 is 1.88 bits per heavy atom. The highest BCUT2D eigenvalue weighted by Gasteiger charge is 2.21. The first-order valence-electron chi connectivity index (χ1n) is 2.08. The fraction of sp³-hybridized carbons (Fsp3) is 1.00. The molecule has 0 amide bonds. The van der Waals surface area contributed by atoms with Crippen molar-refractivity contribution in [2.24, 2.45) is 0 Å². The molecule has 1 aliphatic rings. The molecule has 1 rings (SSSR count). The Balaban J connectivity index is 2.32. The summed E-state index contributed by atoms with van der Waals surface area (Å²) in [6.07, 6.45) is 1.89. The Bertz CT molecular complexity index is 105. The van der Waals surface area contributed by atoms with Gasteiger partial charge in [-0.15, -0.1) is 11.8 Å². The fourth-order valence-corrected chi connectivity index (χ4v) is 1.68. The Morgan fingerprint density at radius 2 is 2.62 bits per heavy atom. The molecule has 0 aromatic heterocycles. The average Bonchev–Trinajstić information content (AvgIpc) is 2.14. The van der Waals surface area contributed by atoms with E-state index in [1.165, 1.54) is 11.8 Å². The zero-order valence-corrected chi connectivity index (χ0v) is 5.96.